The van der Waals surface area contributed by atoms with Gasteiger partial charge in [-0.3, -0.25) is 14.0 Å². The highest BCUT2D eigenvalue weighted by molar-refractivity contribution is 5.95. The number of anilines is 1. The first-order valence-corrected chi connectivity index (χ1v) is 8.73. The van der Waals surface area contributed by atoms with Crippen LogP contribution in [0.25, 0.3) is 22.9 Å². The summed E-state index contributed by atoms with van der Waals surface area (Å²) in [5, 5.41) is 13.1. The van der Waals surface area contributed by atoms with Gasteiger partial charge in [-0.25, -0.2) is 4.98 Å². The van der Waals surface area contributed by atoms with E-state index in [1.54, 1.807) is 43.5 Å². The number of carbonyl (C=O) groups excluding carboxylic acids is 1. The van der Waals surface area contributed by atoms with Crippen molar-refractivity contribution < 1.29 is 4.79 Å². The van der Waals surface area contributed by atoms with E-state index in [2.05, 4.69) is 16.4 Å². The first-order valence-electron chi connectivity index (χ1n) is 8.73. The maximum absolute atomic E-state index is 13.2. The molecule has 0 bridgehead atoms. The largest absolute Gasteiger partial charge is 0.361 e. The molecule has 0 aliphatic rings. The molecule has 0 radical (unpaired) electrons. The van der Waals surface area contributed by atoms with Gasteiger partial charge in [-0.05, 0) is 43.7 Å². The van der Waals surface area contributed by atoms with Gasteiger partial charge in [0.2, 0.25) is 0 Å². The zero-order valence-electron chi connectivity index (χ0n) is 15.4. The summed E-state index contributed by atoms with van der Waals surface area (Å²) in [6, 6.07) is 16.5. The molecule has 0 unspecified atom stereocenters. The standard InChI is InChI=1S/C22H16N4O2/c1-13-17(11-23)21-25-19-8-3-4-9-20(19)26(21)22(28)18(13)12-24-16-7-5-6-15(10-16)14(2)27/h3-10,12,24H,1-2H3. The molecule has 0 saturated heterocycles. The number of para-hydroxylation sites is 2. The molecule has 0 fully saturated rings. The summed E-state index contributed by atoms with van der Waals surface area (Å²) in [6.07, 6.45) is 1.58. The van der Waals surface area contributed by atoms with Crippen molar-refractivity contribution in [2.75, 3.05) is 5.32 Å². The Morgan fingerprint density at radius 1 is 1.21 bits per heavy atom. The van der Waals surface area contributed by atoms with E-state index in [4.69, 9.17) is 0 Å². The minimum atomic E-state index is -0.254. The van der Waals surface area contributed by atoms with Gasteiger partial charge >= 0.3 is 0 Å². The van der Waals surface area contributed by atoms with Crippen molar-refractivity contribution in [3.63, 3.8) is 0 Å². The molecule has 0 saturated carbocycles. The third kappa shape index (κ3) is 2.70. The molecule has 28 heavy (non-hydrogen) atoms. The van der Waals surface area contributed by atoms with Crippen LogP contribution in [-0.2, 0) is 0 Å². The number of fused-ring (bicyclic) bond motifs is 3. The van der Waals surface area contributed by atoms with Crippen LogP contribution in [0.2, 0.25) is 0 Å². The maximum Gasteiger partial charge on any atom is 0.265 e. The monoisotopic (exact) mass is 368 g/mol. The third-order valence-corrected chi connectivity index (χ3v) is 4.76. The van der Waals surface area contributed by atoms with Crippen LogP contribution in [0.15, 0.2) is 53.3 Å². The lowest BCUT2D eigenvalue weighted by Gasteiger charge is -2.05. The van der Waals surface area contributed by atoms with Crippen LogP contribution in [0.3, 0.4) is 0 Å². The van der Waals surface area contributed by atoms with Gasteiger partial charge < -0.3 is 5.32 Å². The number of nitrogens with one attached hydrogen (secondary N) is 1. The zero-order chi connectivity index (χ0) is 19.8. The molecule has 1 N–H and O–H groups in total. The van der Waals surface area contributed by atoms with Crippen molar-refractivity contribution in [1.82, 2.24) is 9.38 Å². The smallest absolute Gasteiger partial charge is 0.265 e. The Balaban J connectivity index is 1.97. The van der Waals surface area contributed by atoms with Crippen LogP contribution in [-0.4, -0.2) is 15.2 Å². The summed E-state index contributed by atoms with van der Waals surface area (Å²) in [5.41, 5.74) is 3.61. The number of hydrogen-bond donors (Lipinski definition) is 1. The van der Waals surface area contributed by atoms with Crippen LogP contribution in [0.5, 0.6) is 0 Å². The van der Waals surface area contributed by atoms with E-state index in [9.17, 15) is 14.9 Å². The number of pyridine rings is 1. The minimum absolute atomic E-state index is 0.0394. The molecule has 2 aromatic carbocycles. The van der Waals surface area contributed by atoms with Gasteiger partial charge in [-0.1, -0.05) is 24.3 Å². The fourth-order valence-electron chi connectivity index (χ4n) is 3.27. The predicted octanol–water partition coefficient (Wildman–Crippen LogP) is 2.80. The average molecular weight is 368 g/mol. The molecule has 4 aromatic rings. The van der Waals surface area contributed by atoms with E-state index in [0.29, 0.717) is 44.3 Å². The average Bonchev–Trinajstić information content (AvgIpc) is 3.08. The number of carbonyl (C=O) groups is 1. The second kappa shape index (κ2) is 6.63. The Labute approximate surface area is 160 Å². The van der Waals surface area contributed by atoms with Gasteiger partial charge in [-0.2, -0.15) is 5.26 Å². The summed E-state index contributed by atoms with van der Waals surface area (Å²) >= 11 is 0. The molecule has 4 rings (SSSR count). The highest BCUT2D eigenvalue weighted by atomic mass is 16.1. The molecular formula is C22H16N4O2. The number of benzene rings is 2. The molecule has 0 spiro atoms. The number of hydrogen-bond acceptors (Lipinski definition) is 5. The van der Waals surface area contributed by atoms with Gasteiger partial charge in [0, 0.05) is 17.5 Å². The molecule has 0 aliphatic carbocycles. The molecule has 2 heterocycles. The summed E-state index contributed by atoms with van der Waals surface area (Å²) in [6.45, 7) is 3.23. The fraction of sp³-hybridized carbons (Fsp3) is 0.0909. The van der Waals surface area contributed by atoms with Crippen LogP contribution in [0.4, 0.5) is 5.69 Å². The Bertz CT molecular complexity index is 1410. The Hall–Kier alpha value is -3.98. The number of Topliss-reactive ketones (excluding diaryl/α,β-unsaturated/α-hetero) is 1. The first kappa shape index (κ1) is 17.4. The van der Waals surface area contributed by atoms with E-state index in [1.165, 1.54) is 11.3 Å². The molecule has 0 aliphatic heterocycles. The molecule has 6 heteroatoms. The highest BCUT2D eigenvalue weighted by Gasteiger charge is 2.15. The van der Waals surface area contributed by atoms with Crippen molar-refractivity contribution in [1.29, 1.82) is 5.26 Å². The lowest BCUT2D eigenvalue weighted by molar-refractivity contribution is 0.101. The molecule has 0 atom stereocenters. The molecule has 136 valence electrons. The summed E-state index contributed by atoms with van der Waals surface area (Å²) in [7, 11) is 0. The number of rotatable bonds is 3. The number of imidazole rings is 1. The van der Waals surface area contributed by atoms with Crippen LogP contribution >= 0.6 is 0 Å². The van der Waals surface area contributed by atoms with Crippen LogP contribution in [0.1, 0.15) is 28.4 Å². The number of aromatic nitrogens is 2. The summed E-state index contributed by atoms with van der Waals surface area (Å²) in [5.74, 6) is -0.0394. The van der Waals surface area contributed by atoms with Crippen molar-refractivity contribution >= 4 is 34.4 Å². The van der Waals surface area contributed by atoms with E-state index in [0.717, 1.165) is 0 Å². The lowest BCUT2D eigenvalue weighted by atomic mass is 10.1. The normalized spacial score (nSPS) is 11.7. The van der Waals surface area contributed by atoms with Gasteiger partial charge in [-0.15, -0.1) is 0 Å². The van der Waals surface area contributed by atoms with Gasteiger partial charge in [0.25, 0.3) is 5.56 Å². The molecule has 6 nitrogen and oxygen atoms in total. The van der Waals surface area contributed by atoms with Gasteiger partial charge in [0.1, 0.15) is 6.07 Å². The van der Waals surface area contributed by atoms with E-state index < -0.39 is 0 Å². The first-order chi connectivity index (χ1) is 13.5. The minimum Gasteiger partial charge on any atom is -0.361 e. The second-order valence-electron chi connectivity index (χ2n) is 6.52. The Morgan fingerprint density at radius 2 is 2.00 bits per heavy atom. The predicted molar refractivity (Wildman–Crippen MR) is 108 cm³/mol. The number of nitriles is 1. The fourth-order valence-corrected chi connectivity index (χ4v) is 3.27. The van der Waals surface area contributed by atoms with Crippen molar-refractivity contribution in [2.24, 2.45) is 0 Å². The lowest BCUT2D eigenvalue weighted by Crippen LogP contribution is -2.34. The van der Waals surface area contributed by atoms with Gasteiger partial charge in [0.15, 0.2) is 11.4 Å². The second-order valence-corrected chi connectivity index (χ2v) is 6.52. The molecule has 0 amide bonds. The van der Waals surface area contributed by atoms with Crippen LogP contribution in [0, 0.1) is 18.3 Å². The van der Waals surface area contributed by atoms with Gasteiger partial charge in [0.05, 0.1) is 21.8 Å². The quantitative estimate of drug-likeness (QED) is 0.562. The van der Waals surface area contributed by atoms with Crippen molar-refractivity contribution in [3.8, 4) is 6.07 Å². The summed E-state index contributed by atoms with van der Waals surface area (Å²) < 4.78 is 1.47. The summed E-state index contributed by atoms with van der Waals surface area (Å²) in [4.78, 5) is 29.2. The highest BCUT2D eigenvalue weighted by Crippen LogP contribution is 2.17. The number of ketones is 1. The maximum atomic E-state index is 13.2. The number of nitrogens with zero attached hydrogens (tertiary/aromatic N) is 3. The zero-order valence-corrected chi connectivity index (χ0v) is 15.4. The van der Waals surface area contributed by atoms with Crippen LogP contribution < -0.4 is 16.1 Å². The topological polar surface area (TPSA) is 87.3 Å². The molecular weight excluding hydrogens is 352 g/mol. The van der Waals surface area contributed by atoms with E-state index in [1.807, 2.05) is 18.2 Å². The van der Waals surface area contributed by atoms with Crippen molar-refractivity contribution in [2.45, 2.75) is 13.8 Å². The third-order valence-electron chi connectivity index (χ3n) is 4.76. The Kier molecular flexibility index (Phi) is 4.13. The van der Waals surface area contributed by atoms with Crippen molar-refractivity contribution in [3.05, 3.63) is 80.8 Å². The van der Waals surface area contributed by atoms with E-state index in [-0.39, 0.29) is 11.3 Å². The van der Waals surface area contributed by atoms with E-state index >= 15 is 0 Å². The SMILES string of the molecule is CC(=O)c1cccc(NC=c2c(C)c(C#N)c3nc4ccccc4n3c2=O)c1. The Morgan fingerprint density at radius 3 is 2.75 bits per heavy atom. The molecule has 2 aromatic heterocycles.